The normalized spacial score (nSPS) is 15.2. The van der Waals surface area contributed by atoms with Gasteiger partial charge in [0, 0.05) is 36.2 Å². The molecule has 224 valence electrons. The number of aromatic hydroxyl groups is 1. The van der Waals surface area contributed by atoms with Gasteiger partial charge in [0.25, 0.3) is 5.91 Å². The first-order chi connectivity index (χ1) is 19.2. The number of phenolic OH excluding ortho intramolecular Hbond substituents is 1. The van der Waals surface area contributed by atoms with Gasteiger partial charge in [0.05, 0.1) is 19.6 Å². The van der Waals surface area contributed by atoms with Gasteiger partial charge in [0.2, 0.25) is 0 Å². The van der Waals surface area contributed by atoms with Gasteiger partial charge in [-0.25, -0.2) is 4.79 Å². The molecule has 0 aliphatic carbocycles. The zero-order chi connectivity index (χ0) is 30.3. The predicted molar refractivity (Wildman–Crippen MR) is 156 cm³/mol. The summed E-state index contributed by atoms with van der Waals surface area (Å²) in [6.45, 7) is 12.6. The fraction of sp³-hybridized carbons (Fsp3) is 0.531. The maximum Gasteiger partial charge on any atom is 0.410 e. The number of nitrogens with zero attached hydrogens (tertiary/aromatic N) is 1. The van der Waals surface area contributed by atoms with Crippen LogP contribution in [0.25, 0.3) is 0 Å². The Kier molecular flexibility index (Phi) is 10.4. The number of esters is 1. The number of phenols is 1. The van der Waals surface area contributed by atoms with E-state index in [2.05, 4.69) is 5.32 Å². The lowest BCUT2D eigenvalue weighted by molar-refractivity contribution is -0.156. The highest BCUT2D eigenvalue weighted by molar-refractivity contribution is 5.94. The summed E-state index contributed by atoms with van der Waals surface area (Å²) in [6, 6.07) is 14.8. The Morgan fingerprint density at radius 3 is 2.15 bits per heavy atom. The van der Waals surface area contributed by atoms with Gasteiger partial charge in [-0.15, -0.1) is 0 Å². The first kappa shape index (κ1) is 31.9. The highest BCUT2D eigenvalue weighted by Crippen LogP contribution is 2.45. The van der Waals surface area contributed by atoms with Crippen LogP contribution < -0.4 is 5.32 Å². The van der Waals surface area contributed by atoms with Crippen LogP contribution in [0.3, 0.4) is 0 Å². The molecule has 0 bridgehead atoms. The molecule has 1 saturated heterocycles. The minimum atomic E-state index is -0.592. The summed E-state index contributed by atoms with van der Waals surface area (Å²) in [4.78, 5) is 39.2. The number of carbonyl (C=O) groups is 3. The molecule has 1 aliphatic heterocycles. The lowest BCUT2D eigenvalue weighted by Crippen LogP contribution is -2.47. The van der Waals surface area contributed by atoms with Gasteiger partial charge in [-0.3, -0.25) is 9.59 Å². The number of ether oxygens (including phenoxy) is 3. The van der Waals surface area contributed by atoms with Gasteiger partial charge in [0.15, 0.2) is 0 Å². The Bertz CT molecular complexity index is 1190. The van der Waals surface area contributed by atoms with Crippen molar-refractivity contribution >= 4 is 18.0 Å². The molecule has 1 heterocycles. The Morgan fingerprint density at radius 2 is 1.54 bits per heavy atom. The molecule has 0 saturated carbocycles. The van der Waals surface area contributed by atoms with Crippen LogP contribution in [0.1, 0.15) is 82.3 Å². The van der Waals surface area contributed by atoms with Crippen LogP contribution in [0.4, 0.5) is 4.79 Å². The third kappa shape index (κ3) is 9.21. The second-order valence-electron chi connectivity index (χ2n) is 12.4. The second-order valence-corrected chi connectivity index (χ2v) is 12.4. The number of rotatable bonds is 9. The zero-order valence-corrected chi connectivity index (χ0v) is 25.1. The molecule has 2 aromatic carbocycles. The lowest BCUT2D eigenvalue weighted by atomic mass is 9.67. The molecule has 0 aromatic heterocycles. The van der Waals surface area contributed by atoms with Crippen LogP contribution in [0.2, 0.25) is 0 Å². The number of benzene rings is 2. The van der Waals surface area contributed by atoms with Crippen LogP contribution in [0.5, 0.6) is 5.75 Å². The highest BCUT2D eigenvalue weighted by Gasteiger charge is 2.41. The monoisotopic (exact) mass is 568 g/mol. The minimum Gasteiger partial charge on any atom is -0.508 e. The molecule has 2 amide bonds. The smallest absolute Gasteiger partial charge is 0.410 e. The fourth-order valence-corrected chi connectivity index (χ4v) is 4.92. The summed E-state index contributed by atoms with van der Waals surface area (Å²) in [5.41, 5.74) is 0.349. The predicted octanol–water partition coefficient (Wildman–Crippen LogP) is 5.19. The molecule has 1 aliphatic rings. The summed E-state index contributed by atoms with van der Waals surface area (Å²) in [6.07, 6.45) is 0.894. The molecule has 0 unspecified atom stereocenters. The lowest BCUT2D eigenvalue weighted by Gasteiger charge is -2.43. The van der Waals surface area contributed by atoms with Crippen molar-refractivity contribution in [1.82, 2.24) is 10.2 Å². The Hall–Kier alpha value is -3.59. The molecular weight excluding hydrogens is 524 g/mol. The molecule has 0 atom stereocenters. The van der Waals surface area contributed by atoms with E-state index in [4.69, 9.17) is 14.2 Å². The number of nitrogens with one attached hydrogen (secondary N) is 1. The van der Waals surface area contributed by atoms with Gasteiger partial charge in [-0.1, -0.05) is 30.3 Å². The molecule has 9 nitrogen and oxygen atoms in total. The van der Waals surface area contributed by atoms with Crippen LogP contribution in [0, 0.1) is 0 Å². The van der Waals surface area contributed by atoms with E-state index >= 15 is 0 Å². The largest absolute Gasteiger partial charge is 0.508 e. The first-order valence-corrected chi connectivity index (χ1v) is 14.1. The number of hydrogen-bond donors (Lipinski definition) is 2. The third-order valence-corrected chi connectivity index (χ3v) is 6.77. The average molecular weight is 569 g/mol. The first-order valence-electron chi connectivity index (χ1n) is 14.1. The van der Waals surface area contributed by atoms with E-state index < -0.39 is 16.6 Å². The van der Waals surface area contributed by atoms with E-state index in [-0.39, 0.29) is 49.9 Å². The van der Waals surface area contributed by atoms with E-state index in [0.29, 0.717) is 37.1 Å². The number of amides is 2. The molecular formula is C32H44N2O7. The van der Waals surface area contributed by atoms with E-state index in [0.717, 1.165) is 5.56 Å². The Morgan fingerprint density at radius 1 is 0.902 bits per heavy atom. The highest BCUT2D eigenvalue weighted by atomic mass is 16.6. The average Bonchev–Trinajstić information content (AvgIpc) is 2.89. The standard InChI is InChI=1S/C32H44N2O7/c1-30(2,3)40-27(36)14-20-39-21-17-33-28(37)23-12-13-26(35)25(22-23)32(24-10-8-7-9-11-24)15-18-34(19-16-32)29(38)41-31(4,5)6/h7-13,22,35H,14-21H2,1-6H3,(H,33,37). The number of carbonyl (C=O) groups excluding carboxylic acids is 3. The molecule has 0 radical (unpaired) electrons. The molecule has 2 aromatic rings. The van der Waals surface area contributed by atoms with Crippen LogP contribution >= 0.6 is 0 Å². The number of likely N-dealkylation sites (tertiary alicyclic amines) is 1. The summed E-state index contributed by atoms with van der Waals surface area (Å²) in [5, 5.41) is 13.9. The van der Waals surface area contributed by atoms with Crippen LogP contribution in [0.15, 0.2) is 48.5 Å². The molecule has 1 fully saturated rings. The third-order valence-electron chi connectivity index (χ3n) is 6.77. The van der Waals surface area contributed by atoms with Gasteiger partial charge >= 0.3 is 12.1 Å². The molecule has 41 heavy (non-hydrogen) atoms. The SMILES string of the molecule is CC(C)(C)OC(=O)CCOCCNC(=O)c1ccc(O)c(C2(c3ccccc3)CCN(C(=O)OC(C)(C)C)CC2)c1. The second kappa shape index (κ2) is 13.4. The zero-order valence-electron chi connectivity index (χ0n) is 25.1. The summed E-state index contributed by atoms with van der Waals surface area (Å²) in [5.74, 6) is -0.527. The quantitative estimate of drug-likeness (QED) is 0.316. The van der Waals surface area contributed by atoms with Crippen LogP contribution in [-0.2, 0) is 24.4 Å². The van der Waals surface area contributed by atoms with Gasteiger partial charge < -0.3 is 29.5 Å². The summed E-state index contributed by atoms with van der Waals surface area (Å²) >= 11 is 0. The van der Waals surface area contributed by atoms with Gasteiger partial charge in [-0.05, 0) is 78.1 Å². The van der Waals surface area contributed by atoms with Crippen molar-refractivity contribution in [3.63, 3.8) is 0 Å². The maximum absolute atomic E-state index is 13.0. The van der Waals surface area contributed by atoms with Gasteiger partial charge in [-0.2, -0.15) is 0 Å². The molecule has 2 N–H and O–H groups in total. The van der Waals surface area contributed by atoms with Gasteiger partial charge in [0.1, 0.15) is 17.0 Å². The molecule has 9 heteroatoms. The van der Waals surface area contributed by atoms with Crippen molar-refractivity contribution in [1.29, 1.82) is 0 Å². The van der Waals surface area contributed by atoms with Crippen LogP contribution in [-0.4, -0.2) is 72.0 Å². The Balaban J connectivity index is 1.68. The topological polar surface area (TPSA) is 114 Å². The Labute approximate surface area is 243 Å². The van der Waals surface area contributed by atoms with Crippen molar-refractivity contribution in [2.75, 3.05) is 32.8 Å². The maximum atomic E-state index is 13.0. The molecule has 3 rings (SSSR count). The van der Waals surface area contributed by atoms with Crippen molar-refractivity contribution < 1.29 is 33.7 Å². The number of hydrogen-bond acceptors (Lipinski definition) is 7. The minimum absolute atomic E-state index is 0.0987. The summed E-state index contributed by atoms with van der Waals surface area (Å²) in [7, 11) is 0. The summed E-state index contributed by atoms with van der Waals surface area (Å²) < 4.78 is 16.3. The van der Waals surface area contributed by atoms with E-state index in [1.54, 1.807) is 23.1 Å². The van der Waals surface area contributed by atoms with Crippen molar-refractivity contribution in [3.8, 4) is 5.75 Å². The van der Waals surface area contributed by atoms with E-state index in [1.807, 2.05) is 71.9 Å². The van der Waals surface area contributed by atoms with Crippen molar-refractivity contribution in [3.05, 3.63) is 65.2 Å². The van der Waals surface area contributed by atoms with E-state index in [9.17, 15) is 19.5 Å². The number of piperidine rings is 1. The van der Waals surface area contributed by atoms with Crippen molar-refractivity contribution in [2.45, 2.75) is 77.4 Å². The molecule has 0 spiro atoms. The fourth-order valence-electron chi connectivity index (χ4n) is 4.92. The van der Waals surface area contributed by atoms with E-state index in [1.165, 1.54) is 0 Å². The van der Waals surface area contributed by atoms with Crippen molar-refractivity contribution in [2.24, 2.45) is 0 Å².